The molecule has 2 amide bonds. The van der Waals surface area contributed by atoms with Gasteiger partial charge in [0.15, 0.2) is 4.77 Å². The molecule has 11 heteroatoms. The summed E-state index contributed by atoms with van der Waals surface area (Å²) in [6.45, 7) is 5.47. The number of nitrogens with one attached hydrogen (secondary N) is 1. The Balaban J connectivity index is 1.49. The Morgan fingerprint density at radius 1 is 1.10 bits per heavy atom. The van der Waals surface area contributed by atoms with Gasteiger partial charge in [0.05, 0.1) is 24.4 Å². The van der Waals surface area contributed by atoms with Gasteiger partial charge in [-0.1, -0.05) is 6.92 Å². The van der Waals surface area contributed by atoms with E-state index in [9.17, 15) is 19.1 Å². The number of primary amides is 1. The van der Waals surface area contributed by atoms with Crippen molar-refractivity contribution in [3.8, 4) is 17.3 Å². The standard InChI is InChI=1S/C29H36FN5O4S/c1-2-18-39-24-10-6-22(7-11-24)32-26(36)19-25-28(38)35(23-8-4-21(30)5-9-23)29(40)34(25)15-3-14-33-16-12-20(13-17-33)27(31)37/h4-11,20,38H,2-3,12-19H2,1H3,(H2,31,37)(H,32,36). The smallest absolute Gasteiger partial charge is 0.230 e. The van der Waals surface area contributed by atoms with E-state index in [1.54, 1.807) is 28.8 Å². The molecule has 4 N–H and O–H groups in total. The van der Waals surface area contributed by atoms with Crippen molar-refractivity contribution in [2.45, 2.75) is 45.6 Å². The number of amides is 2. The number of carbonyl (C=O) groups excluding carboxylic acids is 2. The monoisotopic (exact) mass is 569 g/mol. The number of piperidine rings is 1. The molecule has 1 aliphatic rings. The van der Waals surface area contributed by atoms with Crippen molar-refractivity contribution >= 4 is 29.7 Å². The fraction of sp³-hybridized carbons (Fsp3) is 0.414. The zero-order chi connectivity index (χ0) is 28.6. The van der Waals surface area contributed by atoms with Gasteiger partial charge in [0.25, 0.3) is 0 Å². The van der Waals surface area contributed by atoms with Gasteiger partial charge in [-0.25, -0.2) is 4.39 Å². The molecule has 2 heterocycles. The number of hydrogen-bond donors (Lipinski definition) is 3. The van der Waals surface area contributed by atoms with Gasteiger partial charge in [0, 0.05) is 18.2 Å². The lowest BCUT2D eigenvalue weighted by molar-refractivity contribution is -0.123. The molecule has 3 aromatic rings. The lowest BCUT2D eigenvalue weighted by Crippen LogP contribution is -2.39. The van der Waals surface area contributed by atoms with Crippen molar-refractivity contribution < 1.29 is 23.8 Å². The van der Waals surface area contributed by atoms with Gasteiger partial charge in [0.1, 0.15) is 11.6 Å². The largest absolute Gasteiger partial charge is 0.494 e. The number of nitrogens with zero attached hydrogens (tertiary/aromatic N) is 3. The summed E-state index contributed by atoms with van der Waals surface area (Å²) in [6, 6.07) is 12.8. The van der Waals surface area contributed by atoms with Crippen molar-refractivity contribution in [3.63, 3.8) is 0 Å². The lowest BCUT2D eigenvalue weighted by Gasteiger charge is -2.30. The Kier molecular flexibility index (Phi) is 9.94. The predicted octanol–water partition coefficient (Wildman–Crippen LogP) is 4.41. The number of nitrogens with two attached hydrogens (primary N) is 1. The van der Waals surface area contributed by atoms with E-state index in [0.29, 0.717) is 35.0 Å². The molecule has 0 radical (unpaired) electrons. The Bertz CT molecular complexity index is 1360. The quantitative estimate of drug-likeness (QED) is 0.279. The molecule has 1 aromatic heterocycles. The van der Waals surface area contributed by atoms with Gasteiger partial charge < -0.3 is 30.4 Å². The Morgan fingerprint density at radius 3 is 2.40 bits per heavy atom. The SMILES string of the molecule is CCCOc1ccc(NC(=O)Cc2c(O)n(-c3ccc(F)cc3)c(=S)n2CCCN2CCC(C(N)=O)CC2)cc1. The van der Waals surface area contributed by atoms with Crippen molar-refractivity contribution in [2.24, 2.45) is 11.7 Å². The third-order valence-corrected chi connectivity index (χ3v) is 7.49. The van der Waals surface area contributed by atoms with Crippen LogP contribution in [-0.2, 0) is 22.6 Å². The van der Waals surface area contributed by atoms with E-state index in [1.807, 2.05) is 6.92 Å². The van der Waals surface area contributed by atoms with Gasteiger partial charge in [-0.15, -0.1) is 0 Å². The molecule has 0 bridgehead atoms. The number of anilines is 1. The van der Waals surface area contributed by atoms with Crippen LogP contribution >= 0.6 is 12.2 Å². The summed E-state index contributed by atoms with van der Waals surface area (Å²) in [7, 11) is 0. The van der Waals surface area contributed by atoms with Crippen LogP contribution in [-0.4, -0.2) is 57.2 Å². The maximum Gasteiger partial charge on any atom is 0.230 e. The number of aromatic hydroxyl groups is 1. The summed E-state index contributed by atoms with van der Waals surface area (Å²) < 4.78 is 22.7. The molecule has 1 saturated heterocycles. The first kappa shape index (κ1) is 29.3. The summed E-state index contributed by atoms with van der Waals surface area (Å²) >= 11 is 5.72. The molecule has 2 aromatic carbocycles. The third kappa shape index (κ3) is 7.28. The molecule has 0 spiro atoms. The molecule has 4 rings (SSSR count). The number of carbonyl (C=O) groups is 2. The lowest BCUT2D eigenvalue weighted by atomic mass is 9.96. The van der Waals surface area contributed by atoms with E-state index in [1.165, 1.54) is 28.8 Å². The summed E-state index contributed by atoms with van der Waals surface area (Å²) in [6.07, 6.45) is 3.00. The number of likely N-dealkylation sites (tertiary alicyclic amines) is 1. The van der Waals surface area contributed by atoms with Crippen LogP contribution in [0.5, 0.6) is 11.6 Å². The van der Waals surface area contributed by atoms with Crippen molar-refractivity contribution in [1.82, 2.24) is 14.0 Å². The average Bonchev–Trinajstić information content (AvgIpc) is 3.17. The van der Waals surface area contributed by atoms with Crippen LogP contribution < -0.4 is 15.8 Å². The van der Waals surface area contributed by atoms with Gasteiger partial charge in [-0.05, 0) is 106 Å². The first-order valence-electron chi connectivity index (χ1n) is 13.6. The molecule has 0 unspecified atom stereocenters. The summed E-state index contributed by atoms with van der Waals surface area (Å²) in [4.78, 5) is 26.8. The van der Waals surface area contributed by atoms with Crippen molar-refractivity contribution in [3.05, 3.63) is 64.8 Å². The Labute approximate surface area is 238 Å². The zero-order valence-corrected chi connectivity index (χ0v) is 23.5. The van der Waals surface area contributed by atoms with Crippen LogP contribution in [0.4, 0.5) is 10.1 Å². The van der Waals surface area contributed by atoms with Crippen LogP contribution in [0.1, 0.15) is 38.3 Å². The molecule has 1 fully saturated rings. The van der Waals surface area contributed by atoms with E-state index in [4.69, 9.17) is 22.7 Å². The minimum atomic E-state index is -0.403. The van der Waals surface area contributed by atoms with E-state index >= 15 is 0 Å². The van der Waals surface area contributed by atoms with E-state index in [-0.39, 0.29) is 30.0 Å². The second-order valence-corrected chi connectivity index (χ2v) is 10.4. The highest BCUT2D eigenvalue weighted by molar-refractivity contribution is 7.71. The minimum Gasteiger partial charge on any atom is -0.494 e. The van der Waals surface area contributed by atoms with Gasteiger partial charge in [0.2, 0.25) is 17.7 Å². The second-order valence-electron chi connectivity index (χ2n) is 9.99. The fourth-order valence-corrected chi connectivity index (χ4v) is 5.30. The number of halogens is 1. The van der Waals surface area contributed by atoms with Crippen LogP contribution in [0.3, 0.4) is 0 Å². The highest BCUT2D eigenvalue weighted by Crippen LogP contribution is 2.27. The molecular weight excluding hydrogens is 533 g/mol. The molecule has 9 nitrogen and oxygen atoms in total. The number of rotatable bonds is 12. The minimum absolute atomic E-state index is 0.0725. The van der Waals surface area contributed by atoms with E-state index < -0.39 is 5.82 Å². The first-order valence-corrected chi connectivity index (χ1v) is 14.0. The molecule has 0 aliphatic carbocycles. The van der Waals surface area contributed by atoms with Crippen LogP contribution in [0.25, 0.3) is 5.69 Å². The zero-order valence-electron chi connectivity index (χ0n) is 22.6. The maximum absolute atomic E-state index is 13.6. The summed E-state index contributed by atoms with van der Waals surface area (Å²) in [5, 5.41) is 14.1. The van der Waals surface area contributed by atoms with Gasteiger partial charge >= 0.3 is 0 Å². The summed E-state index contributed by atoms with van der Waals surface area (Å²) in [5.41, 5.74) is 6.93. The number of ether oxygens (including phenoxy) is 1. The third-order valence-electron chi connectivity index (χ3n) is 7.09. The summed E-state index contributed by atoms with van der Waals surface area (Å²) in [5.74, 6) is -0.464. The topological polar surface area (TPSA) is 115 Å². The Morgan fingerprint density at radius 2 is 1.77 bits per heavy atom. The average molecular weight is 570 g/mol. The molecule has 0 saturated carbocycles. The van der Waals surface area contributed by atoms with E-state index in [0.717, 1.165) is 51.1 Å². The molecular formula is C29H36FN5O4S. The number of imidazole rings is 1. The molecule has 214 valence electrons. The highest BCUT2D eigenvalue weighted by atomic mass is 32.1. The van der Waals surface area contributed by atoms with Gasteiger partial charge in [-0.3, -0.25) is 14.2 Å². The van der Waals surface area contributed by atoms with Crippen molar-refractivity contribution in [1.29, 1.82) is 0 Å². The molecule has 0 atom stereocenters. The van der Waals surface area contributed by atoms with Crippen LogP contribution in [0.15, 0.2) is 48.5 Å². The highest BCUT2D eigenvalue weighted by Gasteiger charge is 2.24. The Hall–Kier alpha value is -3.70. The van der Waals surface area contributed by atoms with Gasteiger partial charge in [-0.2, -0.15) is 0 Å². The first-order chi connectivity index (χ1) is 19.3. The van der Waals surface area contributed by atoms with Crippen molar-refractivity contribution in [2.75, 3.05) is 31.6 Å². The van der Waals surface area contributed by atoms with Crippen LogP contribution in [0.2, 0.25) is 0 Å². The number of hydrogen-bond acceptors (Lipinski definition) is 6. The normalized spacial score (nSPS) is 14.2. The van der Waals surface area contributed by atoms with E-state index in [2.05, 4.69) is 10.2 Å². The fourth-order valence-electron chi connectivity index (χ4n) is 4.91. The predicted molar refractivity (Wildman–Crippen MR) is 154 cm³/mol. The maximum atomic E-state index is 13.6. The molecule has 1 aliphatic heterocycles. The number of aromatic nitrogens is 2. The second kappa shape index (κ2) is 13.6. The molecule has 40 heavy (non-hydrogen) atoms. The van der Waals surface area contributed by atoms with Crippen LogP contribution in [0, 0.1) is 16.5 Å². The number of benzene rings is 2.